The van der Waals surface area contributed by atoms with Crippen LogP contribution in [-0.4, -0.2) is 60.2 Å². The van der Waals surface area contributed by atoms with Gasteiger partial charge in [0.05, 0.1) is 7.11 Å². The number of ether oxygens (including phenoxy) is 1. The zero-order chi connectivity index (χ0) is 23.6. The van der Waals surface area contributed by atoms with Crippen LogP contribution in [0.1, 0.15) is 62.4 Å². The summed E-state index contributed by atoms with van der Waals surface area (Å²) >= 11 is 0. The fourth-order valence-corrected chi connectivity index (χ4v) is 6.24. The molecule has 1 saturated heterocycles. The maximum Gasteiger partial charge on any atom is 0.328 e. The molecule has 2 atom stereocenters. The zero-order valence-corrected chi connectivity index (χ0v) is 21.2. The Kier molecular flexibility index (Phi) is 7.18. The Labute approximate surface area is 199 Å². The maximum absolute atomic E-state index is 13.7. The van der Waals surface area contributed by atoms with Gasteiger partial charge >= 0.3 is 6.03 Å². The summed E-state index contributed by atoms with van der Waals surface area (Å²) in [6.07, 6.45) is 7.15. The number of nitrogens with zero attached hydrogens (tertiary/aromatic N) is 3. The van der Waals surface area contributed by atoms with Crippen molar-refractivity contribution in [3.63, 3.8) is 0 Å². The molecule has 2 aliphatic rings. The standard InChI is InChI=1S/C28H41N3O2/c1-6-13-30(14-7-2)27(32)31-19-21(4)25-17-23-20-29(8-3)15-12-28(23,18-26(25)31)22-10-9-11-24(16-22)33-5/h9-11,16,19,23H,6-8,12-15,17-18,20H2,1-5H3/t23-,28+/m0/s1. The van der Waals surface area contributed by atoms with E-state index in [1.807, 2.05) is 15.5 Å². The van der Waals surface area contributed by atoms with E-state index >= 15 is 0 Å². The Hall–Kier alpha value is -2.27. The van der Waals surface area contributed by atoms with Gasteiger partial charge in [-0.05, 0) is 86.9 Å². The monoisotopic (exact) mass is 451 g/mol. The van der Waals surface area contributed by atoms with E-state index in [9.17, 15) is 4.79 Å². The molecule has 2 aromatic rings. The van der Waals surface area contributed by atoms with Crippen molar-refractivity contribution in [2.24, 2.45) is 5.92 Å². The van der Waals surface area contributed by atoms with Crippen LogP contribution in [0.15, 0.2) is 30.5 Å². The molecule has 0 saturated carbocycles. The van der Waals surface area contributed by atoms with Crippen LogP contribution < -0.4 is 4.74 Å². The molecule has 1 amide bonds. The first kappa shape index (κ1) is 23.9. The van der Waals surface area contributed by atoms with E-state index < -0.39 is 0 Å². The normalized spacial score (nSPS) is 22.5. The van der Waals surface area contributed by atoms with Crippen LogP contribution in [0, 0.1) is 12.8 Å². The molecule has 5 heteroatoms. The highest BCUT2D eigenvalue weighted by Crippen LogP contribution is 2.49. The summed E-state index contributed by atoms with van der Waals surface area (Å²) in [7, 11) is 1.75. The SMILES string of the molecule is CCCN(CCC)C(=O)n1cc(C)c2c1C[C@@]1(c3cccc(OC)c3)CCN(CC)C[C@@H]1C2. The minimum atomic E-state index is 0.0381. The van der Waals surface area contributed by atoms with Gasteiger partial charge in [0.25, 0.3) is 0 Å². The Morgan fingerprint density at radius 3 is 2.64 bits per heavy atom. The molecule has 0 bridgehead atoms. The average Bonchev–Trinajstić information content (AvgIpc) is 3.16. The van der Waals surface area contributed by atoms with Crippen molar-refractivity contribution in [1.29, 1.82) is 0 Å². The van der Waals surface area contributed by atoms with Crippen molar-refractivity contribution < 1.29 is 9.53 Å². The molecule has 33 heavy (non-hydrogen) atoms. The van der Waals surface area contributed by atoms with Crippen molar-refractivity contribution in [3.8, 4) is 5.75 Å². The van der Waals surface area contributed by atoms with Gasteiger partial charge < -0.3 is 14.5 Å². The number of piperidine rings is 1. The van der Waals surface area contributed by atoms with Gasteiger partial charge in [0.1, 0.15) is 5.75 Å². The summed E-state index contributed by atoms with van der Waals surface area (Å²) < 4.78 is 7.61. The second kappa shape index (κ2) is 9.92. The summed E-state index contributed by atoms with van der Waals surface area (Å²) in [4.78, 5) is 18.3. The van der Waals surface area contributed by atoms with Gasteiger partial charge in [0.15, 0.2) is 0 Å². The molecule has 1 aromatic heterocycles. The van der Waals surface area contributed by atoms with Gasteiger partial charge in [-0.15, -0.1) is 0 Å². The molecule has 0 unspecified atom stereocenters. The Morgan fingerprint density at radius 2 is 1.97 bits per heavy atom. The summed E-state index contributed by atoms with van der Waals surface area (Å²) in [5, 5.41) is 0. The number of carbonyl (C=O) groups is 1. The highest BCUT2D eigenvalue weighted by atomic mass is 16.5. The molecule has 1 fully saturated rings. The molecular formula is C28H41N3O2. The number of hydrogen-bond donors (Lipinski definition) is 0. The minimum Gasteiger partial charge on any atom is -0.497 e. The molecule has 180 valence electrons. The highest BCUT2D eigenvalue weighted by molar-refractivity contribution is 5.79. The summed E-state index contributed by atoms with van der Waals surface area (Å²) in [6.45, 7) is 13.7. The third kappa shape index (κ3) is 4.32. The third-order valence-corrected chi connectivity index (χ3v) is 8.06. The van der Waals surface area contributed by atoms with Crippen molar-refractivity contribution in [2.45, 2.75) is 65.2 Å². The van der Waals surface area contributed by atoms with Crippen LogP contribution in [0.3, 0.4) is 0 Å². The fourth-order valence-electron chi connectivity index (χ4n) is 6.24. The van der Waals surface area contributed by atoms with Crippen molar-refractivity contribution >= 4 is 6.03 Å². The van der Waals surface area contributed by atoms with Crippen LogP contribution in [0.2, 0.25) is 0 Å². The lowest BCUT2D eigenvalue weighted by Crippen LogP contribution is -2.54. The summed E-state index contributed by atoms with van der Waals surface area (Å²) in [6, 6.07) is 8.83. The average molecular weight is 452 g/mol. The number of likely N-dealkylation sites (tertiary alicyclic amines) is 1. The third-order valence-electron chi connectivity index (χ3n) is 8.06. The van der Waals surface area contributed by atoms with E-state index in [0.717, 1.165) is 70.6 Å². The van der Waals surface area contributed by atoms with Crippen LogP contribution >= 0.6 is 0 Å². The van der Waals surface area contributed by atoms with Gasteiger partial charge in [0.2, 0.25) is 0 Å². The molecule has 5 nitrogen and oxygen atoms in total. The van der Waals surface area contributed by atoms with Gasteiger partial charge in [-0.25, -0.2) is 4.79 Å². The molecule has 0 radical (unpaired) electrons. The number of fused-ring (bicyclic) bond motifs is 2. The van der Waals surface area contributed by atoms with Gasteiger partial charge in [0, 0.05) is 36.9 Å². The number of aromatic nitrogens is 1. The number of hydrogen-bond acceptors (Lipinski definition) is 3. The van der Waals surface area contributed by atoms with E-state index in [-0.39, 0.29) is 11.4 Å². The van der Waals surface area contributed by atoms with Crippen molar-refractivity contribution in [1.82, 2.24) is 14.4 Å². The van der Waals surface area contributed by atoms with Gasteiger partial charge in [-0.3, -0.25) is 4.57 Å². The van der Waals surface area contributed by atoms with E-state index in [1.54, 1.807) is 7.11 Å². The summed E-state index contributed by atoms with van der Waals surface area (Å²) in [5.41, 5.74) is 5.30. The van der Waals surface area contributed by atoms with Crippen LogP contribution in [0.25, 0.3) is 0 Å². The predicted molar refractivity (Wildman–Crippen MR) is 134 cm³/mol. The number of methoxy groups -OCH3 is 1. The van der Waals surface area contributed by atoms with Crippen molar-refractivity contribution in [2.75, 3.05) is 39.8 Å². The maximum atomic E-state index is 13.7. The molecule has 1 aromatic carbocycles. The number of carbonyl (C=O) groups excluding carboxylic acids is 1. The lowest BCUT2D eigenvalue weighted by atomic mass is 9.58. The molecule has 4 rings (SSSR count). The summed E-state index contributed by atoms with van der Waals surface area (Å²) in [5.74, 6) is 1.46. The van der Waals surface area contributed by atoms with E-state index in [2.05, 4.69) is 57.0 Å². The minimum absolute atomic E-state index is 0.0381. The quantitative estimate of drug-likeness (QED) is 0.575. The van der Waals surface area contributed by atoms with E-state index in [4.69, 9.17) is 4.74 Å². The van der Waals surface area contributed by atoms with Crippen molar-refractivity contribution in [3.05, 3.63) is 52.8 Å². The van der Waals surface area contributed by atoms with E-state index in [1.165, 1.54) is 22.4 Å². The Bertz CT molecular complexity index is 976. The molecule has 2 heterocycles. The Balaban J connectivity index is 1.79. The first-order valence-electron chi connectivity index (χ1n) is 12.8. The zero-order valence-electron chi connectivity index (χ0n) is 21.2. The van der Waals surface area contributed by atoms with Crippen LogP contribution in [-0.2, 0) is 18.3 Å². The molecular weight excluding hydrogens is 410 g/mol. The largest absolute Gasteiger partial charge is 0.497 e. The number of benzene rings is 1. The predicted octanol–water partition coefficient (Wildman–Crippen LogP) is 5.27. The van der Waals surface area contributed by atoms with Gasteiger partial charge in [-0.2, -0.15) is 0 Å². The first-order chi connectivity index (χ1) is 16.0. The van der Waals surface area contributed by atoms with E-state index in [0.29, 0.717) is 5.92 Å². The highest BCUT2D eigenvalue weighted by Gasteiger charge is 2.48. The topological polar surface area (TPSA) is 37.7 Å². The lowest BCUT2D eigenvalue weighted by Gasteiger charge is -2.51. The lowest BCUT2D eigenvalue weighted by molar-refractivity contribution is 0.0840. The molecule has 0 N–H and O–H groups in total. The second-order valence-corrected chi connectivity index (χ2v) is 9.99. The fraction of sp³-hybridized carbons (Fsp3) is 0.607. The Morgan fingerprint density at radius 1 is 1.21 bits per heavy atom. The van der Waals surface area contributed by atoms with Crippen LogP contribution in [0.5, 0.6) is 5.75 Å². The molecule has 1 aliphatic heterocycles. The van der Waals surface area contributed by atoms with Gasteiger partial charge in [-0.1, -0.05) is 32.9 Å². The second-order valence-electron chi connectivity index (χ2n) is 9.99. The van der Waals surface area contributed by atoms with Crippen LogP contribution in [0.4, 0.5) is 4.79 Å². The number of amides is 1. The molecule has 0 spiro atoms. The molecule has 1 aliphatic carbocycles. The number of rotatable bonds is 7. The smallest absolute Gasteiger partial charge is 0.328 e. The number of aryl methyl sites for hydroxylation is 1. The first-order valence-corrected chi connectivity index (χ1v) is 12.8.